The highest BCUT2D eigenvalue weighted by atomic mass is 35.5. The summed E-state index contributed by atoms with van der Waals surface area (Å²) in [4.78, 5) is 24.1. The minimum atomic E-state index is -5.02. The van der Waals surface area contributed by atoms with Crippen molar-refractivity contribution in [2.45, 2.75) is 18.9 Å². The molecule has 3 rings (SSSR count). The van der Waals surface area contributed by atoms with Gasteiger partial charge >= 0.3 is 18.4 Å². The van der Waals surface area contributed by atoms with E-state index in [0.29, 0.717) is 35.8 Å². The molecule has 3 aromatic rings. The summed E-state index contributed by atoms with van der Waals surface area (Å²) in [5.74, 6) is -0.0758. The molecule has 1 N–H and O–H groups in total. The lowest BCUT2D eigenvalue weighted by atomic mass is 10.0. The van der Waals surface area contributed by atoms with Crippen molar-refractivity contribution in [3.8, 4) is 17.0 Å². The van der Waals surface area contributed by atoms with Crippen molar-refractivity contribution in [3.05, 3.63) is 70.4 Å². The molecule has 0 aliphatic rings. The molecule has 0 saturated carbocycles. The number of nitrogens with zero attached hydrogens (tertiary/aromatic N) is 4. The molecular formula is C25H24ClF6N5O2. The average Bonchev–Trinajstić information content (AvgIpc) is 2.83. The summed E-state index contributed by atoms with van der Waals surface area (Å²) in [6.07, 6.45) is -9.73. The van der Waals surface area contributed by atoms with Gasteiger partial charge in [-0.05, 0) is 43.9 Å². The highest BCUT2D eigenvalue weighted by Gasteiger charge is 2.37. The van der Waals surface area contributed by atoms with E-state index in [9.17, 15) is 31.1 Å². The van der Waals surface area contributed by atoms with Crippen LogP contribution in [0.25, 0.3) is 11.1 Å². The monoisotopic (exact) mass is 575 g/mol. The number of halogens is 7. The van der Waals surface area contributed by atoms with Gasteiger partial charge in [-0.1, -0.05) is 29.8 Å². The van der Waals surface area contributed by atoms with Gasteiger partial charge in [0.05, 0.1) is 16.7 Å². The van der Waals surface area contributed by atoms with Crippen LogP contribution >= 0.6 is 11.6 Å². The fourth-order valence-electron chi connectivity index (χ4n) is 3.39. The Kier molecular flexibility index (Phi) is 9.28. The van der Waals surface area contributed by atoms with E-state index in [1.165, 1.54) is 13.2 Å². The molecule has 2 aromatic carbocycles. The molecule has 14 heteroatoms. The lowest BCUT2D eigenvalue weighted by Gasteiger charge is -2.20. The first-order valence-electron chi connectivity index (χ1n) is 11.4. The van der Waals surface area contributed by atoms with Crippen molar-refractivity contribution < 1.29 is 35.9 Å². The van der Waals surface area contributed by atoms with Crippen LogP contribution in [0, 0.1) is 0 Å². The Morgan fingerprint density at radius 2 is 1.59 bits per heavy atom. The summed E-state index contributed by atoms with van der Waals surface area (Å²) < 4.78 is 84.8. The first-order valence-corrected chi connectivity index (χ1v) is 11.7. The number of ether oxygens (including phenoxy) is 1. The number of benzene rings is 2. The van der Waals surface area contributed by atoms with E-state index in [2.05, 4.69) is 15.3 Å². The molecule has 1 amide bonds. The minimum Gasteiger partial charge on any atom is -0.390 e. The first-order chi connectivity index (χ1) is 18.1. The topological polar surface area (TPSA) is 70.6 Å². The third-order valence-corrected chi connectivity index (χ3v) is 5.65. The van der Waals surface area contributed by atoms with E-state index < -0.39 is 41.7 Å². The average molecular weight is 576 g/mol. The van der Waals surface area contributed by atoms with E-state index in [-0.39, 0.29) is 23.5 Å². The standard InChI is InChI=1S/C25H24ClF6N5O2/c1-36(2)9-8-33-22-34-13-19(18-6-4-5-7-20(18)26)21(35-22)39-23(38)37(3)14-15-10-16(24(27,28)29)12-17(11-15)25(30,31)32/h4-7,10-13H,8-9,14H2,1-3H3,(H,33,34,35). The molecule has 0 bridgehead atoms. The van der Waals surface area contributed by atoms with Crippen molar-refractivity contribution in [2.24, 2.45) is 0 Å². The second-order valence-corrected chi connectivity index (χ2v) is 9.17. The van der Waals surface area contributed by atoms with Gasteiger partial charge in [0.1, 0.15) is 0 Å². The number of carbonyl (C=O) groups excluding carboxylic acids is 1. The summed E-state index contributed by atoms with van der Waals surface area (Å²) in [5.41, 5.74) is -2.67. The van der Waals surface area contributed by atoms with Crippen molar-refractivity contribution >= 4 is 23.6 Å². The third-order valence-electron chi connectivity index (χ3n) is 5.32. The molecule has 1 aromatic heterocycles. The second kappa shape index (κ2) is 12.1. The number of rotatable bonds is 8. The lowest BCUT2D eigenvalue weighted by Crippen LogP contribution is -2.30. The normalized spacial score (nSPS) is 12.0. The molecule has 0 unspecified atom stereocenters. The molecule has 0 aliphatic heterocycles. The van der Waals surface area contributed by atoms with Crippen LogP contribution in [0.1, 0.15) is 16.7 Å². The van der Waals surface area contributed by atoms with Crippen LogP contribution in [0.4, 0.5) is 37.1 Å². The number of likely N-dealkylation sites (N-methyl/N-ethyl adjacent to an activating group) is 1. The molecule has 0 radical (unpaired) electrons. The molecule has 1 heterocycles. The zero-order valence-electron chi connectivity index (χ0n) is 21.0. The smallest absolute Gasteiger partial charge is 0.390 e. The fourth-order valence-corrected chi connectivity index (χ4v) is 3.63. The Morgan fingerprint density at radius 3 is 2.15 bits per heavy atom. The quantitative estimate of drug-likeness (QED) is 0.312. The summed E-state index contributed by atoms with van der Waals surface area (Å²) in [6.45, 7) is 0.499. The SMILES string of the molecule is CN(C)CCNc1ncc(-c2ccccc2Cl)c(OC(=O)N(C)Cc2cc(C(F)(F)F)cc(C(F)(F)F)c2)n1. The Labute approximate surface area is 225 Å². The molecule has 0 saturated heterocycles. The molecule has 7 nitrogen and oxygen atoms in total. The van der Waals surface area contributed by atoms with Crippen LogP contribution in [0.15, 0.2) is 48.7 Å². The largest absolute Gasteiger partial charge is 0.416 e. The van der Waals surface area contributed by atoms with Gasteiger partial charge in [-0.25, -0.2) is 9.78 Å². The van der Waals surface area contributed by atoms with Crippen molar-refractivity contribution in [3.63, 3.8) is 0 Å². The number of alkyl halides is 6. The lowest BCUT2D eigenvalue weighted by molar-refractivity contribution is -0.143. The Morgan fingerprint density at radius 1 is 0.974 bits per heavy atom. The second-order valence-electron chi connectivity index (χ2n) is 8.76. The number of anilines is 1. The maximum absolute atomic E-state index is 13.2. The maximum Gasteiger partial charge on any atom is 0.416 e. The number of amides is 1. The zero-order valence-corrected chi connectivity index (χ0v) is 21.7. The molecule has 0 atom stereocenters. The number of aromatic nitrogens is 2. The summed E-state index contributed by atoms with van der Waals surface area (Å²) in [5, 5.41) is 3.29. The van der Waals surface area contributed by atoms with Crippen LogP contribution in [0.3, 0.4) is 0 Å². The highest BCUT2D eigenvalue weighted by Crippen LogP contribution is 2.37. The van der Waals surface area contributed by atoms with Gasteiger partial charge in [-0.15, -0.1) is 0 Å². The molecule has 0 fully saturated rings. The Hall–Kier alpha value is -3.58. The first kappa shape index (κ1) is 30.0. The predicted octanol–water partition coefficient (Wildman–Crippen LogP) is 6.44. The van der Waals surface area contributed by atoms with Crippen molar-refractivity contribution in [1.29, 1.82) is 0 Å². The van der Waals surface area contributed by atoms with Crippen molar-refractivity contribution in [2.75, 3.05) is 39.5 Å². The van der Waals surface area contributed by atoms with Crippen LogP contribution in [-0.4, -0.2) is 60.1 Å². The van der Waals surface area contributed by atoms with Crippen LogP contribution < -0.4 is 10.1 Å². The van der Waals surface area contributed by atoms with Crippen LogP contribution in [0.5, 0.6) is 5.88 Å². The Bertz CT molecular complexity index is 1280. The molecule has 39 heavy (non-hydrogen) atoms. The predicted molar refractivity (Wildman–Crippen MR) is 133 cm³/mol. The maximum atomic E-state index is 13.2. The van der Waals surface area contributed by atoms with E-state index in [1.54, 1.807) is 24.3 Å². The zero-order chi connectivity index (χ0) is 29.0. The minimum absolute atomic E-state index is 0.0173. The fraction of sp³-hybridized carbons (Fsp3) is 0.320. The van der Waals surface area contributed by atoms with E-state index >= 15 is 0 Å². The highest BCUT2D eigenvalue weighted by molar-refractivity contribution is 6.33. The number of nitrogens with one attached hydrogen (secondary N) is 1. The number of carbonyl (C=O) groups is 1. The third kappa shape index (κ3) is 8.20. The number of hydrogen-bond acceptors (Lipinski definition) is 6. The van der Waals surface area contributed by atoms with E-state index in [0.717, 1.165) is 4.90 Å². The summed E-state index contributed by atoms with van der Waals surface area (Å²) in [6, 6.07) is 7.73. The van der Waals surface area contributed by atoms with Gasteiger partial charge in [0.25, 0.3) is 0 Å². The summed E-state index contributed by atoms with van der Waals surface area (Å²) in [7, 11) is 4.91. The van der Waals surface area contributed by atoms with Gasteiger partial charge in [-0.2, -0.15) is 31.3 Å². The van der Waals surface area contributed by atoms with Gasteiger partial charge in [-0.3, -0.25) is 0 Å². The van der Waals surface area contributed by atoms with Gasteiger partial charge in [0.15, 0.2) is 0 Å². The van der Waals surface area contributed by atoms with Crippen LogP contribution in [0.2, 0.25) is 5.02 Å². The molecule has 0 aliphatic carbocycles. The number of hydrogen-bond donors (Lipinski definition) is 1. The Balaban J connectivity index is 1.90. The molecule has 210 valence electrons. The van der Waals surface area contributed by atoms with E-state index in [4.69, 9.17) is 16.3 Å². The van der Waals surface area contributed by atoms with Crippen LogP contribution in [-0.2, 0) is 18.9 Å². The van der Waals surface area contributed by atoms with E-state index in [1.807, 2.05) is 19.0 Å². The summed E-state index contributed by atoms with van der Waals surface area (Å²) >= 11 is 6.29. The molecule has 0 spiro atoms. The van der Waals surface area contributed by atoms with Gasteiger partial charge in [0.2, 0.25) is 11.8 Å². The van der Waals surface area contributed by atoms with Crippen molar-refractivity contribution in [1.82, 2.24) is 19.8 Å². The molecular weight excluding hydrogens is 552 g/mol. The van der Waals surface area contributed by atoms with Gasteiger partial charge < -0.3 is 19.9 Å². The van der Waals surface area contributed by atoms with Gasteiger partial charge in [0, 0.05) is 43.5 Å².